The summed E-state index contributed by atoms with van der Waals surface area (Å²) < 4.78 is 0. The molecule has 0 radical (unpaired) electrons. The van der Waals surface area contributed by atoms with Crippen LogP contribution in [0.3, 0.4) is 0 Å². The van der Waals surface area contributed by atoms with Gasteiger partial charge in [-0.1, -0.05) is 36.4 Å². The molecule has 2 aromatic rings. The normalized spacial score (nSPS) is 18.2. The molecule has 1 unspecified atom stereocenters. The van der Waals surface area contributed by atoms with Gasteiger partial charge >= 0.3 is 0 Å². The zero-order valence-electron chi connectivity index (χ0n) is 11.6. The summed E-state index contributed by atoms with van der Waals surface area (Å²) >= 11 is 0. The lowest BCUT2D eigenvalue weighted by Gasteiger charge is -2.28. The maximum atomic E-state index is 11.6. The molecule has 0 amide bonds. The lowest BCUT2D eigenvalue weighted by atomic mass is 10.00. The van der Waals surface area contributed by atoms with Crippen LogP contribution in [0.4, 0.5) is 0 Å². The molecule has 0 aliphatic carbocycles. The number of hydrogen-bond acceptors (Lipinski definition) is 2. The van der Waals surface area contributed by atoms with Gasteiger partial charge in [-0.25, -0.2) is 4.98 Å². The van der Waals surface area contributed by atoms with Gasteiger partial charge in [-0.15, -0.1) is 0 Å². The third-order valence-electron chi connectivity index (χ3n) is 3.72. The number of quaternary nitrogens is 1. The third kappa shape index (κ3) is 2.79. The Kier molecular flexibility index (Phi) is 3.63. The zero-order chi connectivity index (χ0) is 13.9. The topological polar surface area (TPSA) is 40.4 Å². The number of aromatic nitrogens is 1. The van der Waals surface area contributed by atoms with E-state index in [1.807, 2.05) is 24.3 Å². The molecule has 2 heterocycles. The van der Waals surface area contributed by atoms with Gasteiger partial charge in [0.25, 0.3) is 0 Å². The monoisotopic (exact) mass is 266 g/mol. The fraction of sp³-hybridized carbons (Fsp3) is 0.235. The summed E-state index contributed by atoms with van der Waals surface area (Å²) in [5, 5.41) is 11.9. The van der Waals surface area contributed by atoms with Crippen molar-refractivity contribution < 1.29 is 5.06 Å². The molecule has 0 saturated heterocycles. The first-order valence-electron chi connectivity index (χ1n) is 6.96. The van der Waals surface area contributed by atoms with Gasteiger partial charge in [0.15, 0.2) is 0 Å². The molecule has 0 spiro atoms. The molecule has 1 aromatic heterocycles. The van der Waals surface area contributed by atoms with Gasteiger partial charge in [0, 0.05) is 6.42 Å². The van der Waals surface area contributed by atoms with Crippen molar-refractivity contribution in [3.05, 3.63) is 69.7 Å². The van der Waals surface area contributed by atoms with Crippen molar-refractivity contribution in [3.63, 3.8) is 0 Å². The van der Waals surface area contributed by atoms with Crippen LogP contribution < -0.4 is 5.06 Å². The van der Waals surface area contributed by atoms with Gasteiger partial charge in [-0.3, -0.25) is 0 Å². The van der Waals surface area contributed by atoms with Crippen LogP contribution in [0.15, 0.2) is 36.4 Å². The van der Waals surface area contributed by atoms with Gasteiger partial charge in [0.1, 0.15) is 6.54 Å². The van der Waals surface area contributed by atoms with Crippen LogP contribution in [0.1, 0.15) is 28.1 Å². The maximum Gasteiger partial charge on any atom is 0.120 e. The summed E-state index contributed by atoms with van der Waals surface area (Å²) in [5.74, 6) is 0. The summed E-state index contributed by atoms with van der Waals surface area (Å²) in [6, 6.07) is 12.3. The molecular weight excluding hydrogens is 248 g/mol. The van der Waals surface area contributed by atoms with Crippen LogP contribution in [0.5, 0.6) is 0 Å². The molecule has 1 N–H and O–H groups in total. The quantitative estimate of drug-likeness (QED) is 0.845. The highest BCUT2D eigenvalue weighted by molar-refractivity contribution is 5.68. The highest BCUT2D eigenvalue weighted by atomic mass is 16.5. The van der Waals surface area contributed by atoms with Gasteiger partial charge in [-0.05, 0) is 35.8 Å². The third-order valence-corrected chi connectivity index (χ3v) is 3.72. The van der Waals surface area contributed by atoms with Crippen molar-refractivity contribution in [1.29, 1.82) is 0 Å². The molecule has 20 heavy (non-hydrogen) atoms. The van der Waals surface area contributed by atoms with Crippen molar-refractivity contribution in [2.24, 2.45) is 0 Å². The van der Waals surface area contributed by atoms with Gasteiger partial charge in [-0.2, -0.15) is 0 Å². The highest BCUT2D eigenvalue weighted by Gasteiger charge is 2.17. The largest absolute Gasteiger partial charge is 0.634 e. The minimum absolute atomic E-state index is 0.300. The van der Waals surface area contributed by atoms with Crippen LogP contribution in [0.25, 0.3) is 12.2 Å². The van der Waals surface area contributed by atoms with Crippen LogP contribution in [0.2, 0.25) is 0 Å². The number of pyridine rings is 1. The van der Waals surface area contributed by atoms with Crippen molar-refractivity contribution in [1.82, 2.24) is 4.98 Å². The summed E-state index contributed by atoms with van der Waals surface area (Å²) in [5.41, 5.74) is 5.56. The number of rotatable bonds is 2. The molecule has 0 bridgehead atoms. The van der Waals surface area contributed by atoms with E-state index in [2.05, 4.69) is 36.2 Å². The van der Waals surface area contributed by atoms with E-state index in [1.54, 1.807) is 0 Å². The minimum atomic E-state index is 0.300. The predicted octanol–water partition coefficient (Wildman–Crippen LogP) is 2.00. The number of hydrogen-bond donors (Lipinski definition) is 1. The molecule has 1 aliphatic rings. The molecular formula is C17H18N2O. The molecule has 1 aliphatic heterocycles. The van der Waals surface area contributed by atoms with Crippen LogP contribution in [-0.4, -0.2) is 11.5 Å². The van der Waals surface area contributed by atoms with E-state index >= 15 is 0 Å². The SMILES string of the molecule is Cc1cc(C=Cc2ccccc2)nc2c1CC[NH+]([O-])C2. The lowest BCUT2D eigenvalue weighted by molar-refractivity contribution is -0.865. The average molecular weight is 266 g/mol. The summed E-state index contributed by atoms with van der Waals surface area (Å²) in [4.78, 5) is 4.63. The molecule has 3 rings (SSSR count). The van der Waals surface area contributed by atoms with Crippen LogP contribution in [0, 0.1) is 12.1 Å². The Hall–Kier alpha value is -1.97. The number of hydroxylamine groups is 2. The van der Waals surface area contributed by atoms with E-state index in [1.165, 1.54) is 11.1 Å². The summed E-state index contributed by atoms with van der Waals surface area (Å²) in [7, 11) is 0. The highest BCUT2D eigenvalue weighted by Crippen LogP contribution is 2.17. The lowest BCUT2D eigenvalue weighted by Crippen LogP contribution is -3.07. The second kappa shape index (κ2) is 5.57. The number of aryl methyl sites for hydroxylation is 1. The van der Waals surface area contributed by atoms with E-state index in [-0.39, 0.29) is 0 Å². The minimum Gasteiger partial charge on any atom is -0.634 e. The molecule has 0 saturated carbocycles. The first-order valence-corrected chi connectivity index (χ1v) is 6.96. The fourth-order valence-corrected chi connectivity index (χ4v) is 2.65. The Balaban J connectivity index is 1.90. The van der Waals surface area contributed by atoms with Gasteiger partial charge in [0.2, 0.25) is 0 Å². The Morgan fingerprint density at radius 3 is 2.80 bits per heavy atom. The van der Waals surface area contributed by atoms with E-state index < -0.39 is 0 Å². The molecule has 102 valence electrons. The van der Waals surface area contributed by atoms with Crippen LogP contribution >= 0.6 is 0 Å². The molecule has 3 nitrogen and oxygen atoms in total. The van der Waals surface area contributed by atoms with E-state index in [0.717, 1.165) is 23.4 Å². The molecule has 1 atom stereocenters. The molecule has 1 aromatic carbocycles. The van der Waals surface area contributed by atoms with Crippen molar-refractivity contribution in [2.75, 3.05) is 6.54 Å². The smallest absolute Gasteiger partial charge is 0.120 e. The first kappa shape index (κ1) is 13.0. The maximum absolute atomic E-state index is 11.6. The standard InChI is InChI=1S/C17H18N2O/c1-13-11-15(8-7-14-5-3-2-4-6-14)18-17-12-19(20)10-9-16(13)17/h2-8,11,19H,9-10,12H2,1H3. The summed E-state index contributed by atoms with van der Waals surface area (Å²) in [6.07, 6.45) is 4.91. The Morgan fingerprint density at radius 1 is 1.20 bits per heavy atom. The Bertz CT molecular complexity index is 635. The van der Waals surface area contributed by atoms with Crippen LogP contribution in [-0.2, 0) is 13.0 Å². The zero-order valence-corrected chi connectivity index (χ0v) is 11.6. The van der Waals surface area contributed by atoms with E-state index in [4.69, 9.17) is 0 Å². The van der Waals surface area contributed by atoms with Crippen molar-refractivity contribution >= 4 is 12.2 Å². The van der Waals surface area contributed by atoms with E-state index in [9.17, 15) is 5.21 Å². The van der Waals surface area contributed by atoms with Gasteiger partial charge < -0.3 is 10.3 Å². The second-order valence-electron chi connectivity index (χ2n) is 5.25. The summed E-state index contributed by atoms with van der Waals surface area (Å²) in [6.45, 7) is 3.26. The van der Waals surface area contributed by atoms with E-state index in [0.29, 0.717) is 18.2 Å². The first-order chi connectivity index (χ1) is 9.72. The predicted molar refractivity (Wildman–Crippen MR) is 80.9 cm³/mol. The number of fused-ring (bicyclic) bond motifs is 1. The van der Waals surface area contributed by atoms with Crippen molar-refractivity contribution in [3.8, 4) is 0 Å². The Labute approximate surface area is 119 Å². The fourth-order valence-electron chi connectivity index (χ4n) is 2.65. The molecule has 3 heteroatoms. The van der Waals surface area contributed by atoms with Gasteiger partial charge in [0.05, 0.1) is 17.9 Å². The Morgan fingerprint density at radius 2 is 2.00 bits per heavy atom. The van der Waals surface area contributed by atoms with Crippen molar-refractivity contribution in [2.45, 2.75) is 19.9 Å². The average Bonchev–Trinajstić information content (AvgIpc) is 2.46. The molecule has 0 fully saturated rings. The number of nitrogens with one attached hydrogen (secondary N) is 1. The second-order valence-corrected chi connectivity index (χ2v) is 5.25. The number of nitrogens with zero attached hydrogens (tertiary/aromatic N) is 1. The number of benzene rings is 1.